The summed E-state index contributed by atoms with van der Waals surface area (Å²) in [4.78, 5) is 11.4. The molecule has 1 saturated heterocycles. The SMILES string of the molecule is Cc1cc(N2NC3c4ccc(C(=O)O)cc4OCC3C2c2ccc(F)cc2)ccc1C#N. The lowest BCUT2D eigenvalue weighted by Crippen LogP contribution is -2.34. The molecule has 0 radical (unpaired) electrons. The van der Waals surface area contributed by atoms with Gasteiger partial charge < -0.3 is 9.84 Å². The van der Waals surface area contributed by atoms with Crippen LogP contribution in [-0.4, -0.2) is 17.7 Å². The Labute approximate surface area is 184 Å². The molecule has 2 N–H and O–H groups in total. The van der Waals surface area contributed by atoms with E-state index in [0.29, 0.717) is 17.9 Å². The summed E-state index contributed by atoms with van der Waals surface area (Å²) in [7, 11) is 0. The minimum Gasteiger partial charge on any atom is -0.493 e. The molecule has 160 valence electrons. The van der Waals surface area contributed by atoms with E-state index >= 15 is 0 Å². The highest BCUT2D eigenvalue weighted by molar-refractivity contribution is 5.88. The number of carboxylic acid groups (broad SMARTS) is 1. The summed E-state index contributed by atoms with van der Waals surface area (Å²) in [5.74, 6) is -0.755. The van der Waals surface area contributed by atoms with Crippen LogP contribution in [0.4, 0.5) is 10.1 Å². The lowest BCUT2D eigenvalue weighted by Gasteiger charge is -2.31. The van der Waals surface area contributed by atoms with Gasteiger partial charge in [0.15, 0.2) is 0 Å². The van der Waals surface area contributed by atoms with E-state index in [1.165, 1.54) is 12.1 Å². The van der Waals surface area contributed by atoms with E-state index in [1.807, 2.05) is 24.1 Å². The van der Waals surface area contributed by atoms with Gasteiger partial charge in [-0.2, -0.15) is 5.26 Å². The van der Waals surface area contributed by atoms with Gasteiger partial charge in [0, 0.05) is 11.5 Å². The highest BCUT2D eigenvalue weighted by atomic mass is 19.1. The molecule has 3 aromatic carbocycles. The van der Waals surface area contributed by atoms with Crippen molar-refractivity contribution in [2.75, 3.05) is 11.6 Å². The van der Waals surface area contributed by atoms with Crippen molar-refractivity contribution in [1.29, 1.82) is 5.26 Å². The molecular weight excluding hydrogens is 409 g/mol. The number of fused-ring (bicyclic) bond motifs is 3. The Morgan fingerprint density at radius 3 is 2.66 bits per heavy atom. The molecule has 2 aliphatic heterocycles. The lowest BCUT2D eigenvalue weighted by molar-refractivity contribution is 0.0696. The second kappa shape index (κ2) is 7.66. The maximum absolute atomic E-state index is 13.6. The third-order valence-corrected chi connectivity index (χ3v) is 6.24. The van der Waals surface area contributed by atoms with E-state index in [-0.39, 0.29) is 29.4 Å². The van der Waals surface area contributed by atoms with Crippen LogP contribution in [0.15, 0.2) is 60.7 Å². The number of carboxylic acids is 1. The van der Waals surface area contributed by atoms with Crippen molar-refractivity contribution in [3.63, 3.8) is 0 Å². The summed E-state index contributed by atoms with van der Waals surface area (Å²) in [6, 6.07) is 18.9. The van der Waals surface area contributed by atoms with E-state index in [2.05, 4.69) is 11.5 Å². The van der Waals surface area contributed by atoms with Gasteiger partial charge in [0.25, 0.3) is 0 Å². The Balaban J connectivity index is 1.60. The van der Waals surface area contributed by atoms with Crippen LogP contribution in [0.3, 0.4) is 0 Å². The molecule has 3 aromatic rings. The van der Waals surface area contributed by atoms with E-state index in [4.69, 9.17) is 4.74 Å². The Morgan fingerprint density at radius 1 is 1.19 bits per heavy atom. The molecule has 3 atom stereocenters. The van der Waals surface area contributed by atoms with Crippen molar-refractivity contribution in [2.45, 2.75) is 19.0 Å². The molecule has 3 unspecified atom stereocenters. The van der Waals surface area contributed by atoms with Crippen LogP contribution in [-0.2, 0) is 0 Å². The van der Waals surface area contributed by atoms with Crippen LogP contribution < -0.4 is 15.2 Å². The molecule has 1 fully saturated rings. The van der Waals surface area contributed by atoms with E-state index in [9.17, 15) is 19.6 Å². The standard InChI is InChI=1S/C25H20FN3O3/c1-14-10-19(8-4-17(14)12-27)29-24(15-2-6-18(26)7-3-15)21-13-32-22-11-16(25(30)31)5-9-20(22)23(21)28-29/h2-11,21,23-24,28H,13H2,1H3,(H,30,31). The van der Waals surface area contributed by atoms with Gasteiger partial charge in [-0.25, -0.2) is 14.6 Å². The van der Waals surface area contributed by atoms with Crippen molar-refractivity contribution in [2.24, 2.45) is 5.92 Å². The van der Waals surface area contributed by atoms with Crippen LogP contribution in [0.2, 0.25) is 0 Å². The average molecular weight is 429 g/mol. The summed E-state index contributed by atoms with van der Waals surface area (Å²) in [5, 5.41) is 20.7. The first-order valence-corrected chi connectivity index (χ1v) is 10.3. The van der Waals surface area contributed by atoms with E-state index in [0.717, 1.165) is 22.4 Å². The Hall–Kier alpha value is -3.89. The van der Waals surface area contributed by atoms with Crippen LogP contribution >= 0.6 is 0 Å². The molecule has 5 rings (SSSR count). The summed E-state index contributed by atoms with van der Waals surface area (Å²) in [6.45, 7) is 2.27. The number of nitriles is 1. The minimum atomic E-state index is -1.00. The monoisotopic (exact) mass is 429 g/mol. The fourth-order valence-electron chi connectivity index (χ4n) is 4.64. The van der Waals surface area contributed by atoms with E-state index < -0.39 is 5.97 Å². The van der Waals surface area contributed by atoms with Gasteiger partial charge in [0.2, 0.25) is 0 Å². The first-order valence-electron chi connectivity index (χ1n) is 10.3. The fourth-order valence-corrected chi connectivity index (χ4v) is 4.64. The number of nitrogens with zero attached hydrogens (tertiary/aromatic N) is 2. The van der Waals surface area contributed by atoms with E-state index in [1.54, 1.807) is 36.4 Å². The quantitative estimate of drug-likeness (QED) is 0.637. The number of carbonyl (C=O) groups is 1. The van der Waals surface area contributed by atoms with Crippen molar-refractivity contribution in [1.82, 2.24) is 5.43 Å². The molecule has 0 bridgehead atoms. The van der Waals surface area contributed by atoms with Crippen molar-refractivity contribution >= 4 is 11.7 Å². The Morgan fingerprint density at radius 2 is 1.97 bits per heavy atom. The number of benzene rings is 3. The summed E-state index contributed by atoms with van der Waals surface area (Å²) >= 11 is 0. The van der Waals surface area contributed by atoms with Gasteiger partial charge in [0.05, 0.1) is 41.6 Å². The highest BCUT2D eigenvalue weighted by Crippen LogP contribution is 2.49. The normalized spacial score (nSPS) is 21.3. The molecule has 0 saturated carbocycles. The van der Waals surface area contributed by atoms with Crippen LogP contribution in [0.5, 0.6) is 5.75 Å². The maximum atomic E-state index is 13.6. The predicted octanol–water partition coefficient (Wildman–Crippen LogP) is 4.52. The average Bonchev–Trinajstić information content (AvgIpc) is 3.19. The summed E-state index contributed by atoms with van der Waals surface area (Å²) in [5.41, 5.74) is 7.92. The molecule has 7 heteroatoms. The number of hydrogen-bond donors (Lipinski definition) is 2. The lowest BCUT2D eigenvalue weighted by atomic mass is 9.84. The van der Waals surface area contributed by atoms with Crippen molar-refractivity contribution in [3.05, 3.63) is 94.3 Å². The third-order valence-electron chi connectivity index (χ3n) is 6.24. The molecule has 2 heterocycles. The van der Waals surface area contributed by atoms with Crippen LogP contribution in [0, 0.1) is 30.0 Å². The molecule has 6 nitrogen and oxygen atoms in total. The second-order valence-electron chi connectivity index (χ2n) is 8.12. The smallest absolute Gasteiger partial charge is 0.335 e. The molecule has 0 aliphatic carbocycles. The number of hydrazine groups is 1. The molecule has 0 spiro atoms. The van der Waals surface area contributed by atoms with Gasteiger partial charge >= 0.3 is 5.97 Å². The number of nitrogens with one attached hydrogen (secondary N) is 1. The zero-order valence-electron chi connectivity index (χ0n) is 17.2. The molecule has 0 aromatic heterocycles. The minimum absolute atomic E-state index is 0.000381. The van der Waals surface area contributed by atoms with Crippen LogP contribution in [0.1, 0.15) is 44.7 Å². The molecular formula is C25H20FN3O3. The number of anilines is 1. The number of halogens is 1. The summed E-state index contributed by atoms with van der Waals surface area (Å²) in [6.07, 6.45) is 0. The first kappa shape index (κ1) is 20.0. The first-order chi connectivity index (χ1) is 15.5. The highest BCUT2D eigenvalue weighted by Gasteiger charge is 2.47. The topological polar surface area (TPSA) is 85.6 Å². The second-order valence-corrected chi connectivity index (χ2v) is 8.12. The van der Waals surface area contributed by atoms with Gasteiger partial charge in [-0.15, -0.1) is 0 Å². The van der Waals surface area contributed by atoms with Gasteiger partial charge in [-0.1, -0.05) is 18.2 Å². The van der Waals surface area contributed by atoms with Gasteiger partial charge in [-0.05, 0) is 60.5 Å². The molecule has 2 aliphatic rings. The number of hydrogen-bond acceptors (Lipinski definition) is 5. The zero-order valence-corrected chi connectivity index (χ0v) is 17.2. The number of aryl methyl sites for hydroxylation is 1. The molecule has 0 amide bonds. The predicted molar refractivity (Wildman–Crippen MR) is 116 cm³/mol. The maximum Gasteiger partial charge on any atom is 0.335 e. The Kier molecular flexibility index (Phi) is 4.80. The van der Waals surface area contributed by atoms with Crippen molar-refractivity contribution < 1.29 is 19.0 Å². The van der Waals surface area contributed by atoms with Gasteiger partial charge in [-0.3, -0.25) is 5.01 Å². The van der Waals surface area contributed by atoms with Crippen molar-refractivity contribution in [3.8, 4) is 11.8 Å². The summed E-state index contributed by atoms with van der Waals surface area (Å²) < 4.78 is 19.6. The Bertz CT molecular complexity index is 1250. The number of rotatable bonds is 3. The number of ether oxygens (including phenoxy) is 1. The fraction of sp³-hybridized carbons (Fsp3) is 0.200. The van der Waals surface area contributed by atoms with Gasteiger partial charge in [0.1, 0.15) is 11.6 Å². The third kappa shape index (κ3) is 3.26. The largest absolute Gasteiger partial charge is 0.493 e. The van der Waals surface area contributed by atoms with Crippen LogP contribution in [0.25, 0.3) is 0 Å². The molecule has 32 heavy (non-hydrogen) atoms. The number of aromatic carboxylic acids is 1. The zero-order chi connectivity index (χ0) is 22.4.